The van der Waals surface area contributed by atoms with E-state index in [4.69, 9.17) is 4.74 Å². The molecule has 1 heterocycles. The van der Waals surface area contributed by atoms with Gasteiger partial charge in [-0.1, -0.05) is 31.4 Å². The highest BCUT2D eigenvalue weighted by Crippen LogP contribution is 2.33. The van der Waals surface area contributed by atoms with Crippen molar-refractivity contribution in [1.29, 1.82) is 0 Å². The summed E-state index contributed by atoms with van der Waals surface area (Å²) in [7, 11) is 0. The third-order valence-electron chi connectivity index (χ3n) is 4.00. The quantitative estimate of drug-likeness (QED) is 0.608. The molecule has 1 aromatic carbocycles. The van der Waals surface area contributed by atoms with E-state index in [-0.39, 0.29) is 5.97 Å². The number of carbonyl (C=O) groups is 1. The molecule has 110 valence electrons. The Kier molecular flexibility index (Phi) is 4.34. The van der Waals surface area contributed by atoms with Crippen LogP contribution in [0.15, 0.2) is 29.6 Å². The molecule has 2 aromatic rings. The second-order valence-electron chi connectivity index (χ2n) is 5.55. The zero-order chi connectivity index (χ0) is 14.7. The van der Waals surface area contributed by atoms with Crippen LogP contribution in [0.4, 0.5) is 0 Å². The van der Waals surface area contributed by atoms with Gasteiger partial charge in [-0.05, 0) is 43.4 Å². The number of carbonyl (C=O) groups excluding carboxylic acids is 1. The molecule has 1 saturated carbocycles. The third kappa shape index (κ3) is 3.50. The molecule has 1 aliphatic carbocycles. The van der Waals surface area contributed by atoms with Crippen molar-refractivity contribution < 1.29 is 9.53 Å². The minimum Gasteiger partial charge on any atom is -0.422 e. The number of rotatable bonds is 3. The normalized spacial score (nSPS) is 15.9. The van der Waals surface area contributed by atoms with Crippen molar-refractivity contribution in [1.82, 2.24) is 4.98 Å². The zero-order valence-electron chi connectivity index (χ0n) is 12.2. The maximum Gasteiger partial charge on any atom is 0.363 e. The lowest BCUT2D eigenvalue weighted by atomic mass is 9.84. The summed E-state index contributed by atoms with van der Waals surface area (Å²) < 4.78 is 5.36. The monoisotopic (exact) mass is 301 g/mol. The van der Waals surface area contributed by atoms with Gasteiger partial charge in [0, 0.05) is 5.38 Å². The van der Waals surface area contributed by atoms with Gasteiger partial charge >= 0.3 is 5.97 Å². The molecule has 3 rings (SSSR count). The molecular formula is C17H19NO2S. The Hall–Kier alpha value is -1.68. The first-order valence-corrected chi connectivity index (χ1v) is 8.34. The van der Waals surface area contributed by atoms with Crippen LogP contribution in [-0.2, 0) is 0 Å². The number of hydrogen-bond acceptors (Lipinski definition) is 4. The van der Waals surface area contributed by atoms with Crippen molar-refractivity contribution in [2.24, 2.45) is 0 Å². The number of aromatic nitrogens is 1. The SMILES string of the molecule is Cc1nc(C(=O)Oc2ccc(C3CCCCC3)cc2)cs1. The number of ether oxygens (including phenoxy) is 1. The summed E-state index contributed by atoms with van der Waals surface area (Å²) in [4.78, 5) is 16.1. The molecule has 1 aliphatic rings. The van der Waals surface area contributed by atoms with Gasteiger partial charge in [-0.25, -0.2) is 9.78 Å². The van der Waals surface area contributed by atoms with E-state index in [0.717, 1.165) is 5.01 Å². The number of hydrogen-bond donors (Lipinski definition) is 0. The Morgan fingerprint density at radius 1 is 1.19 bits per heavy atom. The van der Waals surface area contributed by atoms with E-state index in [1.165, 1.54) is 49.0 Å². The number of esters is 1. The van der Waals surface area contributed by atoms with Crippen molar-refractivity contribution in [2.75, 3.05) is 0 Å². The molecule has 0 saturated heterocycles. The first-order chi connectivity index (χ1) is 10.2. The highest BCUT2D eigenvalue weighted by molar-refractivity contribution is 7.09. The molecule has 0 spiro atoms. The maximum absolute atomic E-state index is 11.9. The molecule has 0 unspecified atom stereocenters. The Bertz CT molecular complexity index is 612. The molecule has 4 heteroatoms. The fourth-order valence-electron chi connectivity index (χ4n) is 2.86. The molecule has 0 N–H and O–H groups in total. The third-order valence-corrected chi connectivity index (χ3v) is 4.77. The lowest BCUT2D eigenvalue weighted by Gasteiger charge is -2.21. The van der Waals surface area contributed by atoms with Gasteiger partial charge in [-0.15, -0.1) is 11.3 Å². The van der Waals surface area contributed by atoms with Gasteiger partial charge in [0.2, 0.25) is 0 Å². The van der Waals surface area contributed by atoms with E-state index < -0.39 is 0 Å². The highest BCUT2D eigenvalue weighted by Gasteiger charge is 2.16. The van der Waals surface area contributed by atoms with E-state index in [2.05, 4.69) is 17.1 Å². The summed E-state index contributed by atoms with van der Waals surface area (Å²) in [6.45, 7) is 1.88. The highest BCUT2D eigenvalue weighted by atomic mass is 32.1. The van der Waals surface area contributed by atoms with E-state index in [1.54, 1.807) is 5.38 Å². The van der Waals surface area contributed by atoms with Crippen LogP contribution in [0.2, 0.25) is 0 Å². The minimum absolute atomic E-state index is 0.383. The zero-order valence-corrected chi connectivity index (χ0v) is 13.0. The van der Waals surface area contributed by atoms with Crippen LogP contribution in [0, 0.1) is 6.92 Å². The van der Waals surface area contributed by atoms with Crippen LogP contribution in [0.5, 0.6) is 5.75 Å². The first kappa shape index (κ1) is 14.3. The fourth-order valence-corrected chi connectivity index (χ4v) is 3.44. The van der Waals surface area contributed by atoms with Crippen LogP contribution in [0.1, 0.15) is 59.1 Å². The summed E-state index contributed by atoms with van der Waals surface area (Å²) in [5.41, 5.74) is 1.74. The second-order valence-corrected chi connectivity index (χ2v) is 6.61. The average Bonchev–Trinajstić information content (AvgIpc) is 2.96. The van der Waals surface area contributed by atoms with Crippen molar-refractivity contribution in [3.8, 4) is 5.75 Å². The molecule has 1 fully saturated rings. The molecule has 0 radical (unpaired) electrons. The van der Waals surface area contributed by atoms with Crippen molar-refractivity contribution in [3.63, 3.8) is 0 Å². The van der Waals surface area contributed by atoms with Crippen molar-refractivity contribution in [2.45, 2.75) is 44.9 Å². The molecule has 0 amide bonds. The molecule has 1 aromatic heterocycles. The molecule has 0 aliphatic heterocycles. The van der Waals surface area contributed by atoms with Gasteiger partial charge in [-0.3, -0.25) is 0 Å². The van der Waals surface area contributed by atoms with Crippen LogP contribution >= 0.6 is 11.3 Å². The van der Waals surface area contributed by atoms with Crippen LogP contribution in [0.25, 0.3) is 0 Å². The van der Waals surface area contributed by atoms with Crippen LogP contribution in [-0.4, -0.2) is 11.0 Å². The van der Waals surface area contributed by atoms with Gasteiger partial charge < -0.3 is 4.74 Å². The Morgan fingerprint density at radius 3 is 2.52 bits per heavy atom. The molecule has 3 nitrogen and oxygen atoms in total. The van der Waals surface area contributed by atoms with E-state index in [1.807, 2.05) is 19.1 Å². The minimum atomic E-state index is -0.384. The number of thiazole rings is 1. The van der Waals surface area contributed by atoms with Crippen molar-refractivity contribution >= 4 is 17.3 Å². The Balaban J connectivity index is 1.65. The summed E-state index contributed by atoms with van der Waals surface area (Å²) >= 11 is 1.45. The first-order valence-electron chi connectivity index (χ1n) is 7.46. The molecule has 21 heavy (non-hydrogen) atoms. The van der Waals surface area contributed by atoms with E-state index in [9.17, 15) is 4.79 Å². The van der Waals surface area contributed by atoms with E-state index >= 15 is 0 Å². The summed E-state index contributed by atoms with van der Waals surface area (Å²) in [5, 5.41) is 2.60. The number of aryl methyl sites for hydroxylation is 1. The summed E-state index contributed by atoms with van der Waals surface area (Å²) in [6.07, 6.45) is 6.56. The van der Waals surface area contributed by atoms with Gasteiger partial charge in [0.1, 0.15) is 5.75 Å². The summed E-state index contributed by atoms with van der Waals surface area (Å²) in [6, 6.07) is 7.96. The average molecular weight is 301 g/mol. The lowest BCUT2D eigenvalue weighted by molar-refractivity contribution is 0.0729. The predicted molar refractivity (Wildman–Crippen MR) is 84.1 cm³/mol. The van der Waals surface area contributed by atoms with E-state index in [0.29, 0.717) is 17.4 Å². The molecule has 0 bridgehead atoms. The van der Waals surface area contributed by atoms with Crippen LogP contribution < -0.4 is 4.74 Å². The Morgan fingerprint density at radius 2 is 1.90 bits per heavy atom. The molecule has 0 atom stereocenters. The van der Waals surface area contributed by atoms with Gasteiger partial charge in [0.25, 0.3) is 0 Å². The largest absolute Gasteiger partial charge is 0.422 e. The van der Waals surface area contributed by atoms with Gasteiger partial charge in [-0.2, -0.15) is 0 Å². The fraction of sp³-hybridized carbons (Fsp3) is 0.412. The predicted octanol–water partition coefficient (Wildman–Crippen LogP) is 4.72. The van der Waals surface area contributed by atoms with Crippen molar-refractivity contribution in [3.05, 3.63) is 45.9 Å². The Labute approximate surface area is 129 Å². The second kappa shape index (κ2) is 6.39. The number of nitrogens with zero attached hydrogens (tertiary/aromatic N) is 1. The number of benzene rings is 1. The van der Waals surface area contributed by atoms with Gasteiger partial charge in [0.05, 0.1) is 5.01 Å². The van der Waals surface area contributed by atoms with Crippen LogP contribution in [0.3, 0.4) is 0 Å². The maximum atomic E-state index is 11.9. The standard InChI is InChI=1S/C17H19NO2S/c1-12-18-16(11-21-12)17(19)20-15-9-7-14(8-10-15)13-5-3-2-4-6-13/h7-11,13H,2-6H2,1H3. The lowest BCUT2D eigenvalue weighted by Crippen LogP contribution is -2.09. The molecular weight excluding hydrogens is 282 g/mol. The smallest absolute Gasteiger partial charge is 0.363 e. The topological polar surface area (TPSA) is 39.2 Å². The van der Waals surface area contributed by atoms with Gasteiger partial charge in [0.15, 0.2) is 5.69 Å². The summed E-state index contributed by atoms with van der Waals surface area (Å²) in [5.74, 6) is 0.875.